The maximum atomic E-state index is 9.72. The van der Waals surface area contributed by atoms with Crippen molar-refractivity contribution in [3.63, 3.8) is 0 Å². The summed E-state index contributed by atoms with van der Waals surface area (Å²) in [5, 5.41) is 9.72. The van der Waals surface area contributed by atoms with Crippen LogP contribution >= 0.6 is 0 Å². The zero-order valence-corrected chi connectivity index (χ0v) is 9.59. The lowest BCUT2D eigenvalue weighted by Crippen LogP contribution is -2.12. The van der Waals surface area contributed by atoms with Crippen molar-refractivity contribution in [3.8, 4) is 5.75 Å². The first-order valence-corrected chi connectivity index (χ1v) is 5.36. The summed E-state index contributed by atoms with van der Waals surface area (Å²) in [4.78, 5) is 4.27. The van der Waals surface area contributed by atoms with E-state index in [1.54, 1.807) is 12.1 Å². The van der Waals surface area contributed by atoms with Crippen molar-refractivity contribution in [1.82, 2.24) is 0 Å². The lowest BCUT2D eigenvalue weighted by atomic mass is 10.1. The van der Waals surface area contributed by atoms with Gasteiger partial charge in [0.15, 0.2) is 0 Å². The molecule has 0 fully saturated rings. The third-order valence-electron chi connectivity index (χ3n) is 2.52. The molecule has 3 N–H and O–H groups in total. The van der Waals surface area contributed by atoms with Gasteiger partial charge in [-0.1, -0.05) is 42.5 Å². The molecule has 0 aliphatic rings. The maximum absolute atomic E-state index is 9.72. The first-order chi connectivity index (χ1) is 8.18. The number of aryl methyl sites for hydroxylation is 1. The molecule has 0 saturated carbocycles. The van der Waals surface area contributed by atoms with E-state index in [4.69, 9.17) is 5.73 Å². The number of para-hydroxylation sites is 1. The summed E-state index contributed by atoms with van der Waals surface area (Å²) in [7, 11) is 0. The van der Waals surface area contributed by atoms with Crippen LogP contribution in [0.25, 0.3) is 0 Å². The third-order valence-corrected chi connectivity index (χ3v) is 2.52. The fourth-order valence-electron chi connectivity index (χ4n) is 1.58. The molecule has 2 aromatic carbocycles. The monoisotopic (exact) mass is 226 g/mol. The molecule has 0 atom stereocenters. The first-order valence-electron chi connectivity index (χ1n) is 5.36. The van der Waals surface area contributed by atoms with E-state index < -0.39 is 0 Å². The van der Waals surface area contributed by atoms with Crippen LogP contribution < -0.4 is 5.73 Å². The maximum Gasteiger partial charge on any atom is 0.141 e. The van der Waals surface area contributed by atoms with E-state index >= 15 is 0 Å². The summed E-state index contributed by atoms with van der Waals surface area (Å²) in [5.74, 6) is 0.541. The molecule has 0 bridgehead atoms. The van der Waals surface area contributed by atoms with E-state index in [1.165, 1.54) is 0 Å². The first kappa shape index (κ1) is 11.2. The van der Waals surface area contributed by atoms with Crippen molar-refractivity contribution in [2.45, 2.75) is 6.92 Å². The van der Waals surface area contributed by atoms with Gasteiger partial charge in [-0.15, -0.1) is 0 Å². The number of hydrogen-bond acceptors (Lipinski definition) is 2. The van der Waals surface area contributed by atoms with E-state index in [0.29, 0.717) is 11.5 Å². The molecule has 0 aliphatic heterocycles. The van der Waals surface area contributed by atoms with E-state index in [-0.39, 0.29) is 5.75 Å². The lowest BCUT2D eigenvalue weighted by Gasteiger charge is -2.05. The zero-order chi connectivity index (χ0) is 12.3. The van der Waals surface area contributed by atoms with Crippen LogP contribution in [0.15, 0.2) is 53.5 Å². The summed E-state index contributed by atoms with van der Waals surface area (Å²) in [6.45, 7) is 1.89. The molecule has 2 aromatic rings. The summed E-state index contributed by atoms with van der Waals surface area (Å²) in [6, 6.07) is 14.7. The molecule has 0 saturated heterocycles. The van der Waals surface area contributed by atoms with E-state index in [9.17, 15) is 5.11 Å². The highest BCUT2D eigenvalue weighted by molar-refractivity contribution is 5.99. The van der Waals surface area contributed by atoms with Crippen LogP contribution in [0.1, 0.15) is 11.1 Å². The Balaban J connectivity index is 2.43. The normalized spacial score (nSPS) is 11.5. The Bertz CT molecular complexity index is 527. The summed E-state index contributed by atoms with van der Waals surface area (Å²) in [5.41, 5.74) is 8.16. The van der Waals surface area contributed by atoms with Crippen LogP contribution in [0.4, 0.5) is 5.69 Å². The quantitative estimate of drug-likeness (QED) is 0.611. The molecule has 3 nitrogen and oxygen atoms in total. The number of phenolic OH excluding ortho intramolecular Hbond substituents is 1. The SMILES string of the molecule is Cc1cccc(O)c1N=C(N)c1ccccc1. The minimum absolute atomic E-state index is 0.142. The number of aromatic hydroxyl groups is 1. The predicted octanol–water partition coefficient (Wildman–Crippen LogP) is 2.74. The second-order valence-corrected chi connectivity index (χ2v) is 3.81. The number of phenols is 1. The van der Waals surface area contributed by atoms with Gasteiger partial charge in [-0.05, 0) is 18.6 Å². The van der Waals surface area contributed by atoms with Crippen molar-refractivity contribution in [2.75, 3.05) is 0 Å². The second-order valence-electron chi connectivity index (χ2n) is 3.81. The van der Waals surface area contributed by atoms with Gasteiger partial charge in [-0.2, -0.15) is 0 Å². The van der Waals surface area contributed by atoms with E-state index in [2.05, 4.69) is 4.99 Å². The van der Waals surface area contributed by atoms with Crippen LogP contribution in [0.2, 0.25) is 0 Å². The Kier molecular flexibility index (Phi) is 3.10. The molecule has 17 heavy (non-hydrogen) atoms. The summed E-state index contributed by atoms with van der Waals surface area (Å²) < 4.78 is 0. The topological polar surface area (TPSA) is 58.6 Å². The third kappa shape index (κ3) is 2.45. The predicted molar refractivity (Wildman–Crippen MR) is 69.7 cm³/mol. The van der Waals surface area contributed by atoms with Crippen molar-refractivity contribution in [3.05, 3.63) is 59.7 Å². The van der Waals surface area contributed by atoms with Gasteiger partial charge < -0.3 is 10.8 Å². The molecular weight excluding hydrogens is 212 g/mol. The van der Waals surface area contributed by atoms with Gasteiger partial charge in [0.25, 0.3) is 0 Å². The van der Waals surface area contributed by atoms with Gasteiger partial charge in [0.2, 0.25) is 0 Å². The standard InChI is InChI=1S/C14H14N2O/c1-10-6-5-9-12(17)13(10)16-14(15)11-7-3-2-4-8-11/h2-9,17H,1H3,(H2,15,16). The molecular formula is C14H14N2O. The van der Waals surface area contributed by atoms with Gasteiger partial charge in [0.05, 0.1) is 0 Å². The van der Waals surface area contributed by atoms with Gasteiger partial charge in [-0.3, -0.25) is 0 Å². The number of rotatable bonds is 2. The number of amidine groups is 1. The Morgan fingerprint density at radius 3 is 2.41 bits per heavy atom. The largest absolute Gasteiger partial charge is 0.506 e. The van der Waals surface area contributed by atoms with Crippen molar-refractivity contribution in [1.29, 1.82) is 0 Å². The van der Waals surface area contributed by atoms with Gasteiger partial charge in [-0.25, -0.2) is 4.99 Å². The molecule has 0 heterocycles. The lowest BCUT2D eigenvalue weighted by molar-refractivity contribution is 0.476. The Morgan fingerprint density at radius 1 is 1.06 bits per heavy atom. The molecule has 2 rings (SSSR count). The van der Waals surface area contributed by atoms with Crippen molar-refractivity contribution in [2.24, 2.45) is 10.7 Å². The molecule has 0 spiro atoms. The Morgan fingerprint density at radius 2 is 1.76 bits per heavy atom. The molecule has 86 valence electrons. The summed E-state index contributed by atoms with van der Waals surface area (Å²) in [6.07, 6.45) is 0. The minimum Gasteiger partial charge on any atom is -0.506 e. The van der Waals surface area contributed by atoms with Crippen LogP contribution in [-0.2, 0) is 0 Å². The summed E-state index contributed by atoms with van der Waals surface area (Å²) >= 11 is 0. The van der Waals surface area contributed by atoms with Gasteiger partial charge in [0.1, 0.15) is 17.3 Å². The Labute approximate surface area is 100 Å². The number of hydrogen-bond donors (Lipinski definition) is 2. The fraction of sp³-hybridized carbons (Fsp3) is 0.0714. The molecule has 3 heteroatoms. The highest BCUT2D eigenvalue weighted by Gasteiger charge is 2.04. The number of nitrogens with zero attached hydrogens (tertiary/aromatic N) is 1. The zero-order valence-electron chi connectivity index (χ0n) is 9.59. The van der Waals surface area contributed by atoms with Crippen LogP contribution in [0.3, 0.4) is 0 Å². The molecule has 0 aromatic heterocycles. The van der Waals surface area contributed by atoms with Crippen molar-refractivity contribution < 1.29 is 5.11 Å². The smallest absolute Gasteiger partial charge is 0.141 e. The molecule has 0 unspecified atom stereocenters. The molecule has 0 radical (unpaired) electrons. The number of nitrogens with two attached hydrogens (primary N) is 1. The fourth-order valence-corrected chi connectivity index (χ4v) is 1.58. The average molecular weight is 226 g/mol. The highest BCUT2D eigenvalue weighted by atomic mass is 16.3. The molecule has 0 aliphatic carbocycles. The second kappa shape index (κ2) is 4.70. The highest BCUT2D eigenvalue weighted by Crippen LogP contribution is 2.29. The minimum atomic E-state index is 0.142. The molecule has 0 amide bonds. The van der Waals surface area contributed by atoms with E-state index in [1.807, 2.05) is 43.3 Å². The van der Waals surface area contributed by atoms with Crippen LogP contribution in [0, 0.1) is 6.92 Å². The number of benzene rings is 2. The van der Waals surface area contributed by atoms with Crippen LogP contribution in [0.5, 0.6) is 5.75 Å². The van der Waals surface area contributed by atoms with E-state index in [0.717, 1.165) is 11.1 Å². The van der Waals surface area contributed by atoms with Crippen LogP contribution in [-0.4, -0.2) is 10.9 Å². The van der Waals surface area contributed by atoms with Gasteiger partial charge in [0, 0.05) is 5.56 Å². The average Bonchev–Trinajstić information content (AvgIpc) is 2.35. The van der Waals surface area contributed by atoms with Gasteiger partial charge >= 0.3 is 0 Å². The Hall–Kier alpha value is -2.29. The van der Waals surface area contributed by atoms with Crippen molar-refractivity contribution >= 4 is 11.5 Å². The number of aliphatic imine (C=N–C) groups is 1.